The Morgan fingerprint density at radius 3 is 2.43 bits per heavy atom. The van der Waals surface area contributed by atoms with Gasteiger partial charge in [-0.3, -0.25) is 24.2 Å². The molecule has 3 aliphatic rings. The van der Waals surface area contributed by atoms with Crippen LogP contribution in [0.15, 0.2) is 30.3 Å². The molecule has 7 unspecified atom stereocenters. The first kappa shape index (κ1) is 36.6. The fourth-order valence-corrected chi connectivity index (χ4v) is 8.73. The molecule has 268 valence electrons. The third-order valence-corrected chi connectivity index (χ3v) is 11.2. The zero-order chi connectivity index (χ0) is 35.7. The number of primary amides is 1. The van der Waals surface area contributed by atoms with Crippen molar-refractivity contribution in [3.63, 3.8) is 0 Å². The molecule has 7 atom stereocenters. The maximum Gasteiger partial charge on any atom is 0.524 e. The van der Waals surface area contributed by atoms with Gasteiger partial charge in [-0.25, -0.2) is 4.57 Å². The second-order valence-corrected chi connectivity index (χ2v) is 14.8. The molecule has 2 aromatic rings. The topological polar surface area (TPSA) is 235 Å². The molecule has 0 radical (unpaired) electrons. The van der Waals surface area contributed by atoms with E-state index in [1.165, 1.54) is 24.8 Å². The summed E-state index contributed by atoms with van der Waals surface area (Å²) in [5.41, 5.74) is 7.00. The maximum atomic E-state index is 12.9. The van der Waals surface area contributed by atoms with Crippen molar-refractivity contribution >= 4 is 31.3 Å². The summed E-state index contributed by atoms with van der Waals surface area (Å²) < 4.78 is 27.1. The highest BCUT2D eigenvalue weighted by Gasteiger charge is 2.56. The zero-order valence-electron chi connectivity index (χ0n) is 27.5. The zero-order valence-corrected chi connectivity index (χ0v) is 28.4. The fourth-order valence-electron chi connectivity index (χ4n) is 8.34. The Kier molecular flexibility index (Phi) is 10.9. The summed E-state index contributed by atoms with van der Waals surface area (Å²) in [5.74, 6) is -1.26. The van der Waals surface area contributed by atoms with Gasteiger partial charge in [0.15, 0.2) is 5.75 Å². The minimum atomic E-state index is -4.64. The Balaban J connectivity index is 1.09. The normalized spacial score (nSPS) is 25.6. The van der Waals surface area contributed by atoms with Gasteiger partial charge in [0.25, 0.3) is 5.91 Å². The smallest absolute Gasteiger partial charge is 0.505 e. The predicted molar refractivity (Wildman–Crippen MR) is 176 cm³/mol. The molecule has 0 bridgehead atoms. The molecule has 2 fully saturated rings. The van der Waals surface area contributed by atoms with Crippen LogP contribution in [-0.2, 0) is 25.3 Å². The van der Waals surface area contributed by atoms with E-state index in [2.05, 4.69) is 12.2 Å². The number of phosphoric ester groups is 1. The molecular formula is C34H45N2O12P. The van der Waals surface area contributed by atoms with E-state index >= 15 is 0 Å². The summed E-state index contributed by atoms with van der Waals surface area (Å²) in [7, 11) is -3.34. The lowest BCUT2D eigenvalue weighted by atomic mass is 9.55. The van der Waals surface area contributed by atoms with Gasteiger partial charge in [-0.2, -0.15) is 0 Å². The van der Waals surface area contributed by atoms with Crippen molar-refractivity contribution in [1.82, 2.24) is 0 Å². The second kappa shape index (κ2) is 14.7. The molecule has 2 saturated carbocycles. The quantitative estimate of drug-likeness (QED) is 0.0899. The number of aliphatic hydroxyl groups excluding tert-OH is 2. The van der Waals surface area contributed by atoms with E-state index in [-0.39, 0.29) is 60.0 Å². The molecule has 8 N–H and O–H groups in total. The van der Waals surface area contributed by atoms with Gasteiger partial charge < -0.3 is 40.4 Å². The molecule has 5 rings (SSSR count). The van der Waals surface area contributed by atoms with E-state index in [9.17, 15) is 44.1 Å². The monoisotopic (exact) mass is 704 g/mol. The van der Waals surface area contributed by atoms with Crippen molar-refractivity contribution in [1.29, 1.82) is 0 Å². The van der Waals surface area contributed by atoms with Gasteiger partial charge in [0.05, 0.1) is 25.0 Å². The Labute approximate surface area is 284 Å². The third kappa shape index (κ3) is 8.05. The van der Waals surface area contributed by atoms with Crippen LogP contribution in [0.4, 0.5) is 5.69 Å². The predicted octanol–water partition coefficient (Wildman–Crippen LogP) is 3.66. The molecule has 0 aliphatic heterocycles. The number of carbonyl (C=O) groups is 3. The number of methoxy groups -OCH3 is 1. The van der Waals surface area contributed by atoms with Crippen LogP contribution < -0.4 is 20.3 Å². The number of aromatic hydroxyl groups is 1. The molecule has 0 aromatic heterocycles. The summed E-state index contributed by atoms with van der Waals surface area (Å²) in [6.07, 6.45) is 1.82. The van der Waals surface area contributed by atoms with Crippen LogP contribution in [0.3, 0.4) is 0 Å². The summed E-state index contributed by atoms with van der Waals surface area (Å²) in [6.45, 7) is 2.19. The first-order valence-corrected chi connectivity index (χ1v) is 18.1. The van der Waals surface area contributed by atoms with Crippen LogP contribution in [0.5, 0.6) is 17.2 Å². The number of phenols is 1. The largest absolute Gasteiger partial charge is 0.524 e. The molecule has 0 saturated heterocycles. The minimum absolute atomic E-state index is 0.0426. The highest BCUT2D eigenvalue weighted by Crippen LogP contribution is 2.61. The Morgan fingerprint density at radius 2 is 1.76 bits per heavy atom. The van der Waals surface area contributed by atoms with E-state index in [1.54, 1.807) is 12.1 Å². The fraction of sp³-hybridized carbons (Fsp3) is 0.559. The minimum Gasteiger partial charge on any atom is -0.505 e. The van der Waals surface area contributed by atoms with Crippen LogP contribution in [0, 0.1) is 17.3 Å². The molecular weight excluding hydrogens is 659 g/mol. The summed E-state index contributed by atoms with van der Waals surface area (Å²) in [5, 5.41) is 33.8. The second-order valence-electron chi connectivity index (χ2n) is 13.6. The molecule has 2 amide bonds. The first-order valence-electron chi connectivity index (χ1n) is 16.5. The van der Waals surface area contributed by atoms with Crippen LogP contribution in [-0.4, -0.2) is 68.3 Å². The van der Waals surface area contributed by atoms with E-state index in [0.717, 1.165) is 44.1 Å². The van der Waals surface area contributed by atoms with Crippen LogP contribution >= 0.6 is 7.82 Å². The van der Waals surface area contributed by atoms with Gasteiger partial charge >= 0.3 is 13.8 Å². The number of esters is 1. The molecule has 15 heteroatoms. The number of fused-ring (bicyclic) bond motifs is 5. The van der Waals surface area contributed by atoms with Crippen molar-refractivity contribution in [3.05, 3.63) is 47.0 Å². The average molecular weight is 705 g/mol. The van der Waals surface area contributed by atoms with Crippen LogP contribution in [0.25, 0.3) is 0 Å². The Bertz CT molecular complexity index is 1630. The highest BCUT2D eigenvalue weighted by atomic mass is 31.2. The molecule has 49 heavy (non-hydrogen) atoms. The van der Waals surface area contributed by atoms with E-state index < -0.39 is 43.6 Å². The molecule has 0 spiro atoms. The number of phosphoric acid groups is 1. The number of anilines is 1. The van der Waals surface area contributed by atoms with Gasteiger partial charge in [0, 0.05) is 18.3 Å². The van der Waals surface area contributed by atoms with Crippen molar-refractivity contribution < 1.29 is 58.1 Å². The van der Waals surface area contributed by atoms with E-state index in [0.29, 0.717) is 17.8 Å². The number of rotatable bonds is 13. The highest BCUT2D eigenvalue weighted by molar-refractivity contribution is 7.46. The molecule has 0 heterocycles. The molecule has 2 aromatic carbocycles. The molecule has 14 nitrogen and oxygen atoms in total. The summed E-state index contributed by atoms with van der Waals surface area (Å²) in [6, 6.07) is 7.98. The number of hydrogen-bond donors (Lipinski definition) is 7. The van der Waals surface area contributed by atoms with Crippen molar-refractivity contribution in [2.75, 3.05) is 12.4 Å². The van der Waals surface area contributed by atoms with Gasteiger partial charge in [-0.05, 0) is 105 Å². The van der Waals surface area contributed by atoms with Crippen LogP contribution in [0.2, 0.25) is 0 Å². The van der Waals surface area contributed by atoms with E-state index in [1.807, 2.05) is 6.07 Å². The van der Waals surface area contributed by atoms with Gasteiger partial charge in [-0.15, -0.1) is 0 Å². The van der Waals surface area contributed by atoms with E-state index in [4.69, 9.17) is 19.7 Å². The third-order valence-electron chi connectivity index (χ3n) is 10.7. The number of amides is 2. The number of carbonyl (C=O) groups excluding carboxylic acids is 3. The number of hydrogen-bond acceptors (Lipinski definition) is 10. The Hall–Kier alpha value is -3.68. The van der Waals surface area contributed by atoms with Gasteiger partial charge in [-0.1, -0.05) is 13.0 Å². The number of nitrogens with one attached hydrogen (secondary N) is 1. The summed E-state index contributed by atoms with van der Waals surface area (Å²) >= 11 is 0. The number of aliphatic hydroxyl groups is 2. The summed E-state index contributed by atoms with van der Waals surface area (Å²) in [4.78, 5) is 55.5. The maximum absolute atomic E-state index is 12.9. The lowest BCUT2D eigenvalue weighted by Gasteiger charge is -2.50. The van der Waals surface area contributed by atoms with Crippen LogP contribution in [0.1, 0.15) is 92.1 Å². The number of nitrogens with two attached hydrogens (primary N) is 1. The lowest BCUT2D eigenvalue weighted by Crippen LogP contribution is -2.45. The number of ether oxygens (including phenoxy) is 2. The standard InChI is InChI=1S/C34H45N2O12P/c1-34-16-15-21-20-6-4-19(48-49(43,44)45)17-18(20)3-5-22(21)23(34)7-12-28(34)47-30(40)14-10-26(38)25(37)9-13-29(39)36-24-8-11-27(46-2)31(32(24)41)33(35)42/h4,6,8,11,17,21-23,25-26,28,37-38,41H,3,5,7,9-10,12-16H2,1-2H3,(H2,35,42)(H,36,39)(H2,43,44,45). The average Bonchev–Trinajstić information content (AvgIpc) is 3.37. The molecule has 3 aliphatic carbocycles. The number of benzene rings is 2. The SMILES string of the molecule is COc1ccc(NC(=O)CCC(O)C(O)CCC(=O)OC2CCC3C4CCc5cc(OP(=O)(O)O)ccc5C4CCC23C)c(O)c1C(N)=O. The lowest BCUT2D eigenvalue weighted by molar-refractivity contribution is -0.158. The first-order chi connectivity index (χ1) is 23.1. The Morgan fingerprint density at radius 1 is 1.04 bits per heavy atom. The van der Waals surface area contributed by atoms with Gasteiger partial charge in [0.2, 0.25) is 5.91 Å². The van der Waals surface area contributed by atoms with Crippen molar-refractivity contribution in [2.45, 2.75) is 95.4 Å². The number of aryl methyl sites for hydroxylation is 1. The van der Waals surface area contributed by atoms with Gasteiger partial charge in [0.1, 0.15) is 23.2 Å². The van der Waals surface area contributed by atoms with Crippen molar-refractivity contribution in [2.24, 2.45) is 23.0 Å². The van der Waals surface area contributed by atoms with Crippen molar-refractivity contribution in [3.8, 4) is 17.2 Å².